The highest BCUT2D eigenvalue weighted by Gasteiger charge is 2.06. The van der Waals surface area contributed by atoms with Crippen molar-refractivity contribution in [3.63, 3.8) is 0 Å². The number of aliphatic carboxylic acids is 2. The minimum absolute atomic E-state index is 0.109. The molecule has 10 heteroatoms. The molecule has 1 amide bonds. The quantitative estimate of drug-likeness (QED) is 0.238. The first kappa shape index (κ1) is 26.8. The lowest BCUT2D eigenvalue weighted by Gasteiger charge is -2.12. The summed E-state index contributed by atoms with van der Waals surface area (Å²) in [6.07, 6.45) is 8.60. The van der Waals surface area contributed by atoms with Crippen molar-refractivity contribution in [3.8, 4) is 24.3 Å². The van der Waals surface area contributed by atoms with E-state index in [-0.39, 0.29) is 13.0 Å². The van der Waals surface area contributed by atoms with Gasteiger partial charge in [0.1, 0.15) is 18.1 Å². The Balaban J connectivity index is 0.000000970. The van der Waals surface area contributed by atoms with Crippen molar-refractivity contribution >= 4 is 23.5 Å². The third-order valence-corrected chi connectivity index (χ3v) is 3.57. The number of terminal acetylenes is 1. The second kappa shape index (κ2) is 14.7. The summed E-state index contributed by atoms with van der Waals surface area (Å²) in [5.41, 5.74) is 8.58. The van der Waals surface area contributed by atoms with Gasteiger partial charge in [0.2, 0.25) is 0 Å². The molecule has 0 fully saturated rings. The first-order chi connectivity index (χ1) is 14.8. The highest BCUT2D eigenvalue weighted by molar-refractivity contribution is 6.30. The number of carbonyl (C=O) groups excluding carboxylic acids is 1. The van der Waals surface area contributed by atoms with Crippen LogP contribution in [-0.4, -0.2) is 40.4 Å². The van der Waals surface area contributed by atoms with Crippen LogP contribution in [0.25, 0.3) is 0 Å². The number of benzene rings is 2. The predicted octanol–water partition coefficient (Wildman–Crippen LogP) is 1.90. The molecule has 0 saturated heterocycles. The van der Waals surface area contributed by atoms with E-state index in [4.69, 9.17) is 24.9 Å². The number of hydrogen-bond donors (Lipinski definition) is 5. The van der Waals surface area contributed by atoms with Gasteiger partial charge in [-0.05, 0) is 42.3 Å². The van der Waals surface area contributed by atoms with Gasteiger partial charge < -0.3 is 25.4 Å². The highest BCUT2D eigenvalue weighted by atomic mass is 16.5. The third-order valence-electron chi connectivity index (χ3n) is 3.57. The molecule has 0 aliphatic rings. The van der Waals surface area contributed by atoms with Gasteiger partial charge in [0.25, 0.3) is 0 Å². The number of amides is 1. The molecule has 2 aromatic rings. The molecule has 31 heavy (non-hydrogen) atoms. The Hall–Kier alpha value is -4.23. The number of anilines is 1. The molecular formula is C21H24N2O8. The van der Waals surface area contributed by atoms with Crippen LogP contribution in [0.2, 0.25) is 0 Å². The van der Waals surface area contributed by atoms with Crippen molar-refractivity contribution in [2.45, 2.75) is 19.4 Å². The number of ether oxygens (including phenoxy) is 2. The maximum absolute atomic E-state index is 10.6. The molecule has 0 bridgehead atoms. The molecule has 0 saturated carbocycles. The number of hydrogen-bond acceptors (Lipinski definition) is 7. The number of carboxylic acid groups (broad SMARTS) is 2. The van der Waals surface area contributed by atoms with Crippen molar-refractivity contribution in [1.29, 1.82) is 0 Å². The van der Waals surface area contributed by atoms with Crippen LogP contribution in [0.15, 0.2) is 42.5 Å². The van der Waals surface area contributed by atoms with E-state index in [1.54, 1.807) is 37.4 Å². The number of carboxylic acids is 2. The van der Waals surface area contributed by atoms with Crippen LogP contribution in [0, 0.1) is 12.8 Å². The molecule has 0 spiro atoms. The maximum Gasteiger partial charge on any atom is 0.394 e. The first-order valence-electron chi connectivity index (χ1n) is 8.63. The number of nitrogens with two attached hydrogens (primary N) is 1. The summed E-state index contributed by atoms with van der Waals surface area (Å²) >= 11 is 0. The van der Waals surface area contributed by atoms with Crippen LogP contribution in [-0.2, 0) is 27.4 Å². The summed E-state index contributed by atoms with van der Waals surface area (Å²) in [6, 6.07) is 12.5. The Morgan fingerprint density at radius 1 is 1.06 bits per heavy atom. The monoisotopic (exact) mass is 432 g/mol. The fourth-order valence-corrected chi connectivity index (χ4v) is 2.13. The normalized spacial score (nSPS) is 9.03. The molecule has 0 atom stereocenters. The number of aryl methyl sites for hydroxylation is 1. The molecular weight excluding hydrogens is 408 g/mol. The summed E-state index contributed by atoms with van der Waals surface area (Å²) in [6.45, 7) is 0.285. The van der Waals surface area contributed by atoms with E-state index < -0.39 is 17.8 Å². The molecule has 0 radical (unpaired) electrons. The second-order valence-electron chi connectivity index (χ2n) is 5.63. The number of carbonyl (C=O) groups is 3. The highest BCUT2D eigenvalue weighted by Crippen LogP contribution is 2.24. The molecule has 0 aromatic heterocycles. The summed E-state index contributed by atoms with van der Waals surface area (Å²) in [5.74, 6) is -2.39. The minimum atomic E-state index is -1.60. The zero-order valence-corrected chi connectivity index (χ0v) is 16.8. The van der Waals surface area contributed by atoms with Crippen molar-refractivity contribution in [2.24, 2.45) is 5.73 Å². The fourth-order valence-electron chi connectivity index (χ4n) is 2.13. The van der Waals surface area contributed by atoms with Crippen LogP contribution in [0.1, 0.15) is 17.5 Å². The van der Waals surface area contributed by atoms with Crippen LogP contribution in [0.4, 0.5) is 5.69 Å². The van der Waals surface area contributed by atoms with E-state index in [1.807, 2.05) is 12.1 Å². The van der Waals surface area contributed by atoms with Crippen molar-refractivity contribution in [1.82, 2.24) is 0 Å². The zero-order chi connectivity index (χ0) is 23.8. The molecule has 0 aliphatic heterocycles. The molecule has 0 unspecified atom stereocenters. The molecule has 0 aliphatic carbocycles. The smallest absolute Gasteiger partial charge is 0.394 e. The molecule has 2 rings (SSSR count). The van der Waals surface area contributed by atoms with Crippen molar-refractivity contribution in [3.05, 3.63) is 53.6 Å². The van der Waals surface area contributed by atoms with Crippen molar-refractivity contribution < 1.29 is 39.3 Å². The van der Waals surface area contributed by atoms with E-state index in [0.29, 0.717) is 23.6 Å². The summed E-state index contributed by atoms with van der Waals surface area (Å²) in [7, 11) is 1.57. The largest absolute Gasteiger partial charge is 0.496 e. The number of nitrogens with one attached hydrogen (secondary N) is 1. The van der Waals surface area contributed by atoms with Gasteiger partial charge >= 0.3 is 17.8 Å². The van der Waals surface area contributed by atoms with Crippen LogP contribution < -0.4 is 20.7 Å². The molecule has 6 N–H and O–H groups in total. The van der Waals surface area contributed by atoms with Gasteiger partial charge in [-0.3, -0.25) is 20.3 Å². The lowest BCUT2D eigenvalue weighted by molar-refractivity contribution is -0.148. The van der Waals surface area contributed by atoms with Gasteiger partial charge in [-0.25, -0.2) is 4.79 Å². The number of primary amides is 1. The van der Waals surface area contributed by atoms with E-state index in [1.165, 1.54) is 0 Å². The van der Waals surface area contributed by atoms with Gasteiger partial charge in [-0.1, -0.05) is 12.1 Å². The summed E-state index contributed by atoms with van der Waals surface area (Å²) in [5, 5.41) is 25.1. The lowest BCUT2D eigenvalue weighted by Crippen LogP contribution is -2.21. The Labute approximate surface area is 179 Å². The molecule has 2 aromatic carbocycles. The van der Waals surface area contributed by atoms with Gasteiger partial charge in [0.05, 0.1) is 12.8 Å². The van der Waals surface area contributed by atoms with E-state index in [2.05, 4.69) is 24.1 Å². The average Bonchev–Trinajstić information content (AvgIpc) is 2.78. The predicted molar refractivity (Wildman–Crippen MR) is 112 cm³/mol. The van der Waals surface area contributed by atoms with Crippen LogP contribution >= 0.6 is 0 Å². The maximum atomic E-state index is 10.6. The topological polar surface area (TPSA) is 168 Å². The van der Waals surface area contributed by atoms with Crippen LogP contribution in [0.3, 0.4) is 0 Å². The van der Waals surface area contributed by atoms with Gasteiger partial charge in [0.15, 0.2) is 0 Å². The Bertz CT molecular complexity index is 867. The number of methoxy groups -OCH3 is 1. The summed E-state index contributed by atoms with van der Waals surface area (Å²) < 4.78 is 11.0. The number of rotatable bonds is 8. The Morgan fingerprint density at radius 2 is 1.65 bits per heavy atom. The molecule has 166 valence electrons. The average molecular weight is 432 g/mol. The van der Waals surface area contributed by atoms with Gasteiger partial charge in [-0.2, -0.15) is 0 Å². The van der Waals surface area contributed by atoms with Crippen LogP contribution in [0.5, 0.6) is 11.5 Å². The minimum Gasteiger partial charge on any atom is -0.496 e. The zero-order valence-electron chi connectivity index (χ0n) is 16.8. The van der Waals surface area contributed by atoms with E-state index in [9.17, 15) is 14.4 Å². The second-order valence-corrected chi connectivity index (χ2v) is 5.63. The molecule has 0 heterocycles. The Morgan fingerprint density at radius 3 is 2.10 bits per heavy atom. The fraction of sp³-hybridized carbons (Fsp3) is 0.190. The third kappa shape index (κ3) is 10.8. The SMILES string of the molecule is C#C.COc1ccc(NO)cc1COc1ccc(CCC(=O)O)cc1.NC(=O)C(=O)O. The molecule has 10 nitrogen and oxygen atoms in total. The standard InChI is InChI=1S/C17H19NO5.C2H3NO3.C2H2/c1-22-16-8-5-14(18-21)10-13(16)11-23-15-6-2-12(3-7-15)4-9-17(19)20;3-1(4)2(5)6;1-2/h2-3,5-8,10,18,21H,4,9,11H2,1H3,(H,19,20);(H2,3,4)(H,5,6);1-2H. The van der Waals surface area contributed by atoms with E-state index in [0.717, 1.165) is 11.1 Å². The lowest BCUT2D eigenvalue weighted by atomic mass is 10.1. The summed E-state index contributed by atoms with van der Waals surface area (Å²) in [4.78, 5) is 29.1. The first-order valence-corrected chi connectivity index (χ1v) is 8.63. The van der Waals surface area contributed by atoms with E-state index >= 15 is 0 Å². The van der Waals surface area contributed by atoms with Gasteiger partial charge in [-0.15, -0.1) is 12.8 Å². The van der Waals surface area contributed by atoms with Gasteiger partial charge in [0, 0.05) is 12.0 Å². The van der Waals surface area contributed by atoms with Crippen molar-refractivity contribution in [2.75, 3.05) is 12.6 Å². The Kier molecular flexibility index (Phi) is 12.7.